The molecule has 4 nitrogen and oxygen atoms in total. The fourth-order valence-electron chi connectivity index (χ4n) is 1.57. The Kier molecular flexibility index (Phi) is 7.01. The van der Waals surface area contributed by atoms with E-state index in [1.165, 1.54) is 0 Å². The molecule has 0 saturated carbocycles. The maximum atomic E-state index is 11.8. The van der Waals surface area contributed by atoms with Gasteiger partial charge in [0, 0.05) is 6.54 Å². The normalized spacial score (nSPS) is 11.2. The fourth-order valence-corrected chi connectivity index (χ4v) is 1.57. The van der Waals surface area contributed by atoms with Crippen LogP contribution in [-0.4, -0.2) is 38.4 Å². The van der Waals surface area contributed by atoms with Gasteiger partial charge in [0.1, 0.15) is 12.4 Å². The molecule has 1 N–H and O–H groups in total. The number of rotatable bonds is 8. The second kappa shape index (κ2) is 8.51. The lowest BCUT2D eigenvalue weighted by Gasteiger charge is -2.09. The average Bonchev–Trinajstić information content (AvgIpc) is 2.39. The maximum absolute atomic E-state index is 11.8. The molecule has 1 amide bonds. The van der Waals surface area contributed by atoms with Crippen molar-refractivity contribution in [3.8, 4) is 5.75 Å². The highest BCUT2D eigenvalue weighted by Crippen LogP contribution is 2.14. The molecule has 0 radical (unpaired) electrons. The second-order valence-corrected chi connectivity index (χ2v) is 4.27. The highest BCUT2D eigenvalue weighted by Gasteiger charge is 2.27. The summed E-state index contributed by atoms with van der Waals surface area (Å²) in [5.41, 5.74) is 0.798. The molecular weight excluding hydrogens is 287 g/mol. The SMILES string of the molecule is CCOc1ccc(CC(=O)NCCOCC(F)(F)F)cc1. The van der Waals surface area contributed by atoms with Gasteiger partial charge in [-0.2, -0.15) is 13.2 Å². The van der Waals surface area contributed by atoms with Gasteiger partial charge < -0.3 is 14.8 Å². The number of halogens is 3. The number of carbonyl (C=O) groups excluding carboxylic acids is 1. The fraction of sp³-hybridized carbons (Fsp3) is 0.500. The Morgan fingerprint density at radius 2 is 1.90 bits per heavy atom. The first kappa shape index (κ1) is 17.3. The van der Waals surface area contributed by atoms with Gasteiger partial charge in [-0.25, -0.2) is 0 Å². The molecule has 0 aliphatic carbocycles. The monoisotopic (exact) mass is 305 g/mol. The van der Waals surface area contributed by atoms with Crippen molar-refractivity contribution in [2.45, 2.75) is 19.5 Å². The van der Waals surface area contributed by atoms with Gasteiger partial charge >= 0.3 is 6.18 Å². The summed E-state index contributed by atoms with van der Waals surface area (Å²) in [4.78, 5) is 11.6. The Morgan fingerprint density at radius 1 is 1.24 bits per heavy atom. The third-order valence-corrected chi connectivity index (χ3v) is 2.43. The third kappa shape index (κ3) is 8.19. The molecule has 21 heavy (non-hydrogen) atoms. The molecule has 0 unspecified atom stereocenters. The van der Waals surface area contributed by atoms with Gasteiger partial charge in [0.2, 0.25) is 5.91 Å². The summed E-state index contributed by atoms with van der Waals surface area (Å²) in [6.07, 6.45) is -4.18. The number of nitrogens with one attached hydrogen (secondary N) is 1. The number of ether oxygens (including phenoxy) is 2. The molecule has 0 atom stereocenters. The van der Waals surface area contributed by atoms with Crippen molar-refractivity contribution in [3.63, 3.8) is 0 Å². The van der Waals surface area contributed by atoms with Crippen molar-refractivity contribution in [2.24, 2.45) is 0 Å². The van der Waals surface area contributed by atoms with Crippen LogP contribution in [0.2, 0.25) is 0 Å². The minimum absolute atomic E-state index is 0.0476. The number of alkyl halides is 3. The van der Waals surface area contributed by atoms with E-state index in [1.54, 1.807) is 24.3 Å². The van der Waals surface area contributed by atoms with Crippen molar-refractivity contribution < 1.29 is 27.4 Å². The van der Waals surface area contributed by atoms with Gasteiger partial charge in [-0.05, 0) is 24.6 Å². The van der Waals surface area contributed by atoms with E-state index >= 15 is 0 Å². The van der Waals surface area contributed by atoms with Gasteiger partial charge in [0.25, 0.3) is 0 Å². The van der Waals surface area contributed by atoms with E-state index in [0.29, 0.717) is 6.61 Å². The van der Waals surface area contributed by atoms with Crippen LogP contribution in [0.1, 0.15) is 12.5 Å². The molecule has 1 aromatic rings. The molecular formula is C14H18F3NO3. The predicted octanol–water partition coefficient (Wildman–Crippen LogP) is 2.32. The molecule has 7 heteroatoms. The molecule has 0 aromatic heterocycles. The van der Waals surface area contributed by atoms with Gasteiger partial charge in [0.05, 0.1) is 19.6 Å². The van der Waals surface area contributed by atoms with Gasteiger partial charge in [-0.1, -0.05) is 12.1 Å². The van der Waals surface area contributed by atoms with E-state index in [-0.39, 0.29) is 25.5 Å². The van der Waals surface area contributed by atoms with E-state index in [0.717, 1.165) is 11.3 Å². The zero-order valence-corrected chi connectivity index (χ0v) is 11.7. The Morgan fingerprint density at radius 3 is 2.48 bits per heavy atom. The summed E-state index contributed by atoms with van der Waals surface area (Å²) in [6.45, 7) is 1.02. The van der Waals surface area contributed by atoms with Crippen LogP contribution >= 0.6 is 0 Å². The smallest absolute Gasteiger partial charge is 0.411 e. The number of hydrogen-bond acceptors (Lipinski definition) is 3. The Labute approximate surface area is 121 Å². The molecule has 0 bridgehead atoms. The van der Waals surface area contributed by atoms with Crippen LogP contribution in [0.5, 0.6) is 5.75 Å². The van der Waals surface area contributed by atoms with Crippen LogP contribution in [0.4, 0.5) is 13.2 Å². The first-order chi connectivity index (χ1) is 9.90. The number of carbonyl (C=O) groups is 1. The van der Waals surface area contributed by atoms with Crippen LogP contribution in [0.15, 0.2) is 24.3 Å². The zero-order chi connectivity index (χ0) is 15.7. The Bertz CT molecular complexity index is 432. The number of hydrogen-bond donors (Lipinski definition) is 1. The lowest BCUT2D eigenvalue weighted by Crippen LogP contribution is -2.30. The lowest BCUT2D eigenvalue weighted by molar-refractivity contribution is -0.173. The van der Waals surface area contributed by atoms with Gasteiger partial charge in [-0.15, -0.1) is 0 Å². The first-order valence-corrected chi connectivity index (χ1v) is 6.53. The van der Waals surface area contributed by atoms with Crippen molar-refractivity contribution in [1.29, 1.82) is 0 Å². The van der Waals surface area contributed by atoms with E-state index in [9.17, 15) is 18.0 Å². The molecule has 1 rings (SSSR count). The number of amides is 1. The molecule has 1 aromatic carbocycles. The van der Waals surface area contributed by atoms with E-state index in [4.69, 9.17) is 4.74 Å². The summed E-state index contributed by atoms with van der Waals surface area (Å²) in [7, 11) is 0. The van der Waals surface area contributed by atoms with Crippen molar-refractivity contribution in [2.75, 3.05) is 26.4 Å². The molecule has 0 heterocycles. The Hall–Kier alpha value is -1.76. The van der Waals surface area contributed by atoms with Crippen molar-refractivity contribution in [3.05, 3.63) is 29.8 Å². The highest BCUT2D eigenvalue weighted by molar-refractivity contribution is 5.78. The summed E-state index contributed by atoms with van der Waals surface area (Å²) < 4.78 is 45.0. The Balaban J connectivity index is 2.21. The molecule has 118 valence electrons. The van der Waals surface area contributed by atoms with Crippen molar-refractivity contribution >= 4 is 5.91 Å². The lowest BCUT2D eigenvalue weighted by atomic mass is 10.1. The first-order valence-electron chi connectivity index (χ1n) is 6.53. The van der Waals surface area contributed by atoms with Crippen molar-refractivity contribution in [1.82, 2.24) is 5.32 Å². The summed E-state index contributed by atoms with van der Waals surface area (Å²) in [6, 6.07) is 7.06. The van der Waals surface area contributed by atoms with Crippen LogP contribution in [0.3, 0.4) is 0 Å². The number of benzene rings is 1. The van der Waals surface area contributed by atoms with E-state index in [1.807, 2.05) is 6.92 Å². The third-order valence-electron chi connectivity index (χ3n) is 2.43. The quantitative estimate of drug-likeness (QED) is 0.750. The molecule has 0 fully saturated rings. The second-order valence-electron chi connectivity index (χ2n) is 4.27. The largest absolute Gasteiger partial charge is 0.494 e. The van der Waals surface area contributed by atoms with Crippen LogP contribution in [0.25, 0.3) is 0 Å². The summed E-state index contributed by atoms with van der Waals surface area (Å²) >= 11 is 0. The van der Waals surface area contributed by atoms with E-state index < -0.39 is 12.8 Å². The van der Waals surface area contributed by atoms with Crippen LogP contribution in [-0.2, 0) is 16.0 Å². The van der Waals surface area contributed by atoms with Gasteiger partial charge in [0.15, 0.2) is 0 Å². The molecule has 0 spiro atoms. The minimum atomic E-state index is -4.34. The van der Waals surface area contributed by atoms with Crippen LogP contribution < -0.4 is 10.1 Å². The zero-order valence-electron chi connectivity index (χ0n) is 11.7. The van der Waals surface area contributed by atoms with Gasteiger partial charge in [-0.3, -0.25) is 4.79 Å². The maximum Gasteiger partial charge on any atom is 0.411 e. The average molecular weight is 305 g/mol. The predicted molar refractivity (Wildman–Crippen MR) is 71.2 cm³/mol. The summed E-state index contributed by atoms with van der Waals surface area (Å²) in [5, 5.41) is 2.49. The topological polar surface area (TPSA) is 47.6 Å². The standard InChI is InChI=1S/C14H18F3NO3/c1-2-21-12-5-3-11(4-6-12)9-13(19)18-7-8-20-10-14(15,16)17/h3-6H,2,7-10H2,1H3,(H,18,19). The highest BCUT2D eigenvalue weighted by atomic mass is 19.4. The molecule has 0 aliphatic rings. The molecule has 0 aliphatic heterocycles. The molecule has 0 saturated heterocycles. The minimum Gasteiger partial charge on any atom is -0.494 e. The summed E-state index contributed by atoms with van der Waals surface area (Å²) in [5.74, 6) is 0.456. The van der Waals surface area contributed by atoms with Crippen LogP contribution in [0, 0.1) is 0 Å². The van der Waals surface area contributed by atoms with E-state index in [2.05, 4.69) is 10.1 Å².